The first-order valence-electron chi connectivity index (χ1n) is 6.33. The second kappa shape index (κ2) is 5.12. The van der Waals surface area contributed by atoms with E-state index in [1.54, 1.807) is 4.68 Å². The zero-order valence-corrected chi connectivity index (χ0v) is 11.0. The van der Waals surface area contributed by atoms with E-state index in [2.05, 4.69) is 20.5 Å². The van der Waals surface area contributed by atoms with Gasteiger partial charge in [-0.15, -0.1) is 5.10 Å². The maximum Gasteiger partial charge on any atom is 0.257 e. The molecule has 0 saturated carbocycles. The number of benzene rings is 1. The smallest absolute Gasteiger partial charge is 0.257 e. The Bertz CT molecular complexity index is 703. The number of hydrogen-bond donors (Lipinski definition) is 1. The molecule has 20 heavy (non-hydrogen) atoms. The van der Waals surface area contributed by atoms with Crippen LogP contribution in [0.1, 0.15) is 18.4 Å². The Morgan fingerprint density at radius 1 is 1.25 bits per heavy atom. The van der Waals surface area contributed by atoms with Crippen molar-refractivity contribution in [1.29, 1.82) is 0 Å². The lowest BCUT2D eigenvalue weighted by atomic mass is 10.2. The Morgan fingerprint density at radius 3 is 2.80 bits per heavy atom. The fraction of sp³-hybridized carbons (Fsp3) is 0.231. The quantitative estimate of drug-likeness (QED) is 0.772. The molecule has 0 unspecified atom stereocenters. The van der Waals surface area contributed by atoms with Crippen molar-refractivity contribution < 1.29 is 4.52 Å². The molecule has 3 rings (SSSR count). The van der Waals surface area contributed by atoms with Crippen LogP contribution in [-0.4, -0.2) is 25.1 Å². The van der Waals surface area contributed by atoms with Gasteiger partial charge < -0.3 is 10.3 Å². The highest BCUT2D eigenvalue weighted by atomic mass is 16.5. The third-order valence-electron chi connectivity index (χ3n) is 2.98. The van der Waals surface area contributed by atoms with Gasteiger partial charge in [0, 0.05) is 5.56 Å². The molecule has 102 valence electrons. The van der Waals surface area contributed by atoms with Gasteiger partial charge in [-0.1, -0.05) is 35.5 Å². The fourth-order valence-electron chi connectivity index (χ4n) is 1.99. The molecule has 7 heteroatoms. The second-order valence-corrected chi connectivity index (χ2v) is 4.31. The van der Waals surface area contributed by atoms with Gasteiger partial charge in [-0.05, 0) is 18.6 Å². The Balaban J connectivity index is 1.84. The van der Waals surface area contributed by atoms with Crippen molar-refractivity contribution in [2.45, 2.75) is 19.9 Å². The van der Waals surface area contributed by atoms with Crippen molar-refractivity contribution in [3.05, 3.63) is 41.9 Å². The van der Waals surface area contributed by atoms with Gasteiger partial charge in [-0.25, -0.2) is 4.68 Å². The van der Waals surface area contributed by atoms with Crippen molar-refractivity contribution in [1.82, 2.24) is 25.1 Å². The van der Waals surface area contributed by atoms with Gasteiger partial charge in [0.25, 0.3) is 5.89 Å². The Hall–Kier alpha value is -2.70. The Morgan fingerprint density at radius 2 is 2.05 bits per heavy atom. The normalized spacial score (nSPS) is 10.8. The Kier molecular flexibility index (Phi) is 3.16. The number of rotatable bonds is 4. The van der Waals surface area contributed by atoms with Gasteiger partial charge in [-0.3, -0.25) is 0 Å². The van der Waals surface area contributed by atoms with E-state index in [1.165, 1.54) is 0 Å². The SMILES string of the molecule is CCc1c(N)nnn1Cc1noc(-c2ccccc2)n1. The van der Waals surface area contributed by atoms with Crippen LogP contribution in [0, 0.1) is 0 Å². The highest BCUT2D eigenvalue weighted by Crippen LogP contribution is 2.17. The van der Waals surface area contributed by atoms with Crippen LogP contribution in [0.2, 0.25) is 0 Å². The van der Waals surface area contributed by atoms with E-state index in [0.717, 1.165) is 17.7 Å². The van der Waals surface area contributed by atoms with Gasteiger partial charge in [0.2, 0.25) is 0 Å². The first kappa shape index (κ1) is 12.3. The van der Waals surface area contributed by atoms with E-state index in [9.17, 15) is 0 Å². The zero-order chi connectivity index (χ0) is 13.9. The first-order chi connectivity index (χ1) is 9.78. The molecular formula is C13H14N6O. The molecule has 7 nitrogen and oxygen atoms in total. The lowest BCUT2D eigenvalue weighted by Crippen LogP contribution is -2.07. The van der Waals surface area contributed by atoms with E-state index in [1.807, 2.05) is 37.3 Å². The monoisotopic (exact) mass is 270 g/mol. The predicted octanol–water partition coefficient (Wildman–Crippen LogP) is 1.52. The molecule has 3 aromatic rings. The number of nitrogens with two attached hydrogens (primary N) is 1. The zero-order valence-electron chi connectivity index (χ0n) is 11.0. The van der Waals surface area contributed by atoms with Gasteiger partial charge in [0.1, 0.15) is 6.54 Å². The van der Waals surface area contributed by atoms with Crippen molar-refractivity contribution in [3.63, 3.8) is 0 Å². The highest BCUT2D eigenvalue weighted by Gasteiger charge is 2.13. The number of anilines is 1. The molecule has 0 aliphatic carbocycles. The summed E-state index contributed by atoms with van der Waals surface area (Å²) in [6, 6.07) is 9.62. The molecule has 0 aliphatic rings. The summed E-state index contributed by atoms with van der Waals surface area (Å²) in [6.07, 6.45) is 0.752. The average Bonchev–Trinajstić information content (AvgIpc) is 3.08. The molecule has 2 aromatic heterocycles. The number of nitrogen functional groups attached to an aromatic ring is 1. The van der Waals surface area contributed by atoms with Crippen LogP contribution >= 0.6 is 0 Å². The van der Waals surface area contributed by atoms with Crippen LogP contribution < -0.4 is 5.73 Å². The first-order valence-corrected chi connectivity index (χ1v) is 6.33. The predicted molar refractivity (Wildman–Crippen MR) is 72.6 cm³/mol. The number of aromatic nitrogens is 5. The molecule has 1 aromatic carbocycles. The van der Waals surface area contributed by atoms with E-state index in [4.69, 9.17) is 10.3 Å². The molecule has 0 aliphatic heterocycles. The molecule has 0 spiro atoms. The maximum absolute atomic E-state index is 5.74. The van der Waals surface area contributed by atoms with Gasteiger partial charge in [-0.2, -0.15) is 4.98 Å². The molecule has 2 N–H and O–H groups in total. The van der Waals surface area contributed by atoms with Crippen molar-refractivity contribution in [3.8, 4) is 11.5 Å². The Labute approximate surface area is 115 Å². The summed E-state index contributed by atoms with van der Waals surface area (Å²) < 4.78 is 6.94. The number of hydrogen-bond acceptors (Lipinski definition) is 6. The molecule has 0 radical (unpaired) electrons. The maximum atomic E-state index is 5.74. The van der Waals surface area contributed by atoms with Crippen LogP contribution in [0.3, 0.4) is 0 Å². The van der Waals surface area contributed by atoms with Crippen LogP contribution in [0.25, 0.3) is 11.5 Å². The minimum Gasteiger partial charge on any atom is -0.381 e. The van der Waals surface area contributed by atoms with E-state index in [0.29, 0.717) is 24.1 Å². The standard InChI is InChI=1S/C13H14N6O/c1-2-10-12(14)16-18-19(10)8-11-15-13(20-17-11)9-6-4-3-5-7-9/h3-7H,2,8,14H2,1H3. The minimum absolute atomic E-state index is 0.393. The van der Waals surface area contributed by atoms with Gasteiger partial charge >= 0.3 is 0 Å². The van der Waals surface area contributed by atoms with Crippen LogP contribution in [0.5, 0.6) is 0 Å². The summed E-state index contributed by atoms with van der Waals surface area (Å²) in [6.45, 7) is 2.39. The third kappa shape index (κ3) is 2.25. The largest absolute Gasteiger partial charge is 0.381 e. The molecule has 0 bridgehead atoms. The topological polar surface area (TPSA) is 95.7 Å². The summed E-state index contributed by atoms with van der Waals surface area (Å²) in [5, 5.41) is 11.8. The van der Waals surface area contributed by atoms with E-state index in [-0.39, 0.29) is 0 Å². The summed E-state index contributed by atoms with van der Waals surface area (Å²) in [5.41, 5.74) is 7.50. The summed E-state index contributed by atoms with van der Waals surface area (Å²) >= 11 is 0. The molecule has 0 atom stereocenters. The third-order valence-corrected chi connectivity index (χ3v) is 2.98. The summed E-state index contributed by atoms with van der Waals surface area (Å²) in [5.74, 6) is 1.48. The number of nitrogens with zero attached hydrogens (tertiary/aromatic N) is 5. The van der Waals surface area contributed by atoms with Crippen LogP contribution in [0.15, 0.2) is 34.9 Å². The minimum atomic E-state index is 0.393. The van der Waals surface area contributed by atoms with Crippen LogP contribution in [0.4, 0.5) is 5.82 Å². The van der Waals surface area contributed by atoms with Crippen molar-refractivity contribution in [2.75, 3.05) is 5.73 Å². The van der Waals surface area contributed by atoms with E-state index >= 15 is 0 Å². The summed E-state index contributed by atoms with van der Waals surface area (Å²) in [7, 11) is 0. The highest BCUT2D eigenvalue weighted by molar-refractivity contribution is 5.51. The molecular weight excluding hydrogens is 256 g/mol. The van der Waals surface area contributed by atoms with Crippen molar-refractivity contribution >= 4 is 5.82 Å². The van der Waals surface area contributed by atoms with E-state index < -0.39 is 0 Å². The second-order valence-electron chi connectivity index (χ2n) is 4.31. The lowest BCUT2D eigenvalue weighted by molar-refractivity contribution is 0.417. The molecule has 0 saturated heterocycles. The molecule has 0 fully saturated rings. The summed E-state index contributed by atoms with van der Waals surface area (Å²) in [4.78, 5) is 4.35. The van der Waals surface area contributed by atoms with Crippen LogP contribution in [-0.2, 0) is 13.0 Å². The lowest BCUT2D eigenvalue weighted by Gasteiger charge is -2.00. The van der Waals surface area contributed by atoms with Gasteiger partial charge in [0.15, 0.2) is 11.6 Å². The molecule has 2 heterocycles. The fourth-order valence-corrected chi connectivity index (χ4v) is 1.99. The average molecular weight is 270 g/mol. The van der Waals surface area contributed by atoms with Crippen molar-refractivity contribution in [2.24, 2.45) is 0 Å². The molecule has 0 amide bonds. The van der Waals surface area contributed by atoms with Gasteiger partial charge in [0.05, 0.1) is 5.69 Å².